The van der Waals surface area contributed by atoms with Crippen molar-refractivity contribution in [2.45, 2.75) is 0 Å². The number of hydrogen-bond acceptors (Lipinski definition) is 3. The number of fused-ring (bicyclic) bond motifs is 6. The molecule has 3 heterocycles. The Kier molecular flexibility index (Phi) is 7.78. The zero-order chi connectivity index (χ0) is 37.7. The molecule has 0 saturated carbocycles. The molecule has 4 heteroatoms. The van der Waals surface area contributed by atoms with E-state index in [2.05, 4.69) is 187 Å². The molecule has 0 bridgehead atoms. The van der Waals surface area contributed by atoms with E-state index in [0.29, 0.717) is 0 Å². The Morgan fingerprint density at radius 3 is 1.44 bits per heavy atom. The zero-order valence-corrected chi connectivity index (χ0v) is 30.9. The normalized spacial score (nSPS) is 11.5. The van der Waals surface area contributed by atoms with Crippen molar-refractivity contribution >= 4 is 43.5 Å². The summed E-state index contributed by atoms with van der Waals surface area (Å²) in [7, 11) is 0. The molecule has 0 spiro atoms. The average Bonchev–Trinajstić information content (AvgIpc) is 3.71. The second-order valence-electron chi connectivity index (χ2n) is 14.5. The third-order valence-corrected chi connectivity index (χ3v) is 11.0. The summed E-state index contributed by atoms with van der Waals surface area (Å²) >= 11 is 0. The van der Waals surface area contributed by atoms with Gasteiger partial charge in [0.05, 0.1) is 33.6 Å². The molecular weight excluding hydrogens is 693 g/mol. The molecule has 0 aliphatic carbocycles. The first-order valence-electron chi connectivity index (χ1n) is 19.3. The minimum absolute atomic E-state index is 0.912. The Balaban J connectivity index is 0.974. The van der Waals surface area contributed by atoms with E-state index in [0.717, 1.165) is 94.4 Å². The van der Waals surface area contributed by atoms with Crippen LogP contribution < -0.4 is 0 Å². The van der Waals surface area contributed by atoms with Crippen LogP contribution in [0.2, 0.25) is 0 Å². The van der Waals surface area contributed by atoms with Crippen LogP contribution in [0.1, 0.15) is 0 Å². The fourth-order valence-electron chi connectivity index (χ4n) is 8.14. The molecule has 11 aromatic rings. The molecule has 0 atom stereocenters. The number of nitrogens with zero attached hydrogens (tertiary/aromatic N) is 4. The molecule has 0 unspecified atom stereocenters. The lowest BCUT2D eigenvalue weighted by atomic mass is 9.92. The van der Waals surface area contributed by atoms with Gasteiger partial charge in [-0.1, -0.05) is 176 Å². The Morgan fingerprint density at radius 2 is 0.825 bits per heavy atom. The highest BCUT2D eigenvalue weighted by atomic mass is 15.3. The summed E-state index contributed by atoms with van der Waals surface area (Å²) in [6.07, 6.45) is 0. The van der Waals surface area contributed by atoms with Gasteiger partial charge < -0.3 is 0 Å². The van der Waals surface area contributed by atoms with Crippen molar-refractivity contribution in [3.8, 4) is 61.7 Å². The molecular formula is C53H34N4. The zero-order valence-electron chi connectivity index (χ0n) is 30.9. The van der Waals surface area contributed by atoms with Gasteiger partial charge in [-0.2, -0.15) is 5.10 Å². The first kappa shape index (κ1) is 32.7. The first-order valence-corrected chi connectivity index (χ1v) is 19.3. The van der Waals surface area contributed by atoms with E-state index in [1.165, 1.54) is 10.8 Å². The Morgan fingerprint density at radius 1 is 0.351 bits per heavy atom. The van der Waals surface area contributed by atoms with Crippen LogP contribution in [0.25, 0.3) is 105 Å². The van der Waals surface area contributed by atoms with Crippen LogP contribution in [0, 0.1) is 0 Å². The minimum atomic E-state index is 0.912. The van der Waals surface area contributed by atoms with Crippen LogP contribution in [0.3, 0.4) is 0 Å². The van der Waals surface area contributed by atoms with Crippen molar-refractivity contribution in [3.63, 3.8) is 0 Å². The largest absolute Gasteiger partial charge is 0.245 e. The van der Waals surface area contributed by atoms with E-state index in [1.807, 2.05) is 24.3 Å². The topological polar surface area (TPSA) is 43.6 Å². The lowest BCUT2D eigenvalue weighted by Gasteiger charge is -2.12. The summed E-state index contributed by atoms with van der Waals surface area (Å²) in [5.41, 5.74) is 14.7. The maximum Gasteiger partial charge on any atom is 0.101 e. The fourth-order valence-corrected chi connectivity index (χ4v) is 8.14. The minimum Gasteiger partial charge on any atom is -0.245 e. The Labute approximate surface area is 330 Å². The third kappa shape index (κ3) is 5.74. The number of pyridine rings is 2. The van der Waals surface area contributed by atoms with E-state index >= 15 is 0 Å². The Hall–Kier alpha value is -7.69. The fraction of sp³-hybridized carbons (Fsp3) is 0. The number of para-hydroxylation sites is 1. The second kappa shape index (κ2) is 13.6. The molecule has 0 saturated heterocycles. The van der Waals surface area contributed by atoms with E-state index < -0.39 is 0 Å². The number of rotatable bonds is 6. The lowest BCUT2D eigenvalue weighted by Crippen LogP contribution is -1.96. The summed E-state index contributed by atoms with van der Waals surface area (Å²) in [4.78, 5) is 10.3. The summed E-state index contributed by atoms with van der Waals surface area (Å²) in [5.74, 6) is 0. The molecule has 266 valence electrons. The monoisotopic (exact) mass is 726 g/mol. The summed E-state index contributed by atoms with van der Waals surface area (Å²) < 4.78 is 2.12. The molecule has 0 fully saturated rings. The standard InChI is InChI=1S/C53H34N4/c1-4-12-38(13-5-1)47-32-30-41-28-29-42-31-33-48(55-52(42)51(41)54-47)39-26-22-36(23-27-39)35-20-24-37(25-21-35)46-34-43-16-10-11-19-45(43)53-49(46)50(40-14-6-2-7-15-40)56-57(53)44-17-8-3-9-18-44/h1-34H. The number of aromatic nitrogens is 4. The van der Waals surface area contributed by atoms with E-state index in [-0.39, 0.29) is 0 Å². The average molecular weight is 727 g/mol. The van der Waals surface area contributed by atoms with Crippen molar-refractivity contribution in [3.05, 3.63) is 206 Å². The third-order valence-electron chi connectivity index (χ3n) is 11.0. The van der Waals surface area contributed by atoms with Gasteiger partial charge in [0.15, 0.2) is 0 Å². The van der Waals surface area contributed by atoms with Gasteiger partial charge in [0.25, 0.3) is 0 Å². The lowest BCUT2D eigenvalue weighted by molar-refractivity contribution is 0.918. The van der Waals surface area contributed by atoms with Gasteiger partial charge in [0, 0.05) is 38.2 Å². The van der Waals surface area contributed by atoms with Crippen LogP contribution in [0.15, 0.2) is 206 Å². The van der Waals surface area contributed by atoms with E-state index in [4.69, 9.17) is 15.1 Å². The van der Waals surface area contributed by atoms with Crippen molar-refractivity contribution in [2.24, 2.45) is 0 Å². The molecule has 0 radical (unpaired) electrons. The molecule has 0 aliphatic heterocycles. The van der Waals surface area contributed by atoms with E-state index in [9.17, 15) is 0 Å². The molecule has 8 aromatic carbocycles. The van der Waals surface area contributed by atoms with Crippen molar-refractivity contribution in [1.82, 2.24) is 19.7 Å². The molecule has 0 aliphatic rings. The van der Waals surface area contributed by atoms with E-state index in [1.54, 1.807) is 0 Å². The maximum absolute atomic E-state index is 5.32. The summed E-state index contributed by atoms with van der Waals surface area (Å²) in [6, 6.07) is 72.6. The number of benzene rings is 8. The van der Waals surface area contributed by atoms with Gasteiger partial charge in [-0.3, -0.25) is 0 Å². The van der Waals surface area contributed by atoms with Crippen LogP contribution in [0.4, 0.5) is 0 Å². The van der Waals surface area contributed by atoms with Crippen molar-refractivity contribution in [2.75, 3.05) is 0 Å². The molecule has 0 amide bonds. The quantitative estimate of drug-likeness (QED) is 0.160. The van der Waals surface area contributed by atoms with Crippen LogP contribution in [-0.2, 0) is 0 Å². The predicted octanol–water partition coefficient (Wildman–Crippen LogP) is 13.6. The van der Waals surface area contributed by atoms with Gasteiger partial charge in [0.1, 0.15) is 5.69 Å². The maximum atomic E-state index is 5.32. The molecule has 57 heavy (non-hydrogen) atoms. The smallest absolute Gasteiger partial charge is 0.101 e. The highest BCUT2D eigenvalue weighted by molar-refractivity contribution is 6.17. The van der Waals surface area contributed by atoms with Crippen LogP contribution in [0.5, 0.6) is 0 Å². The first-order chi connectivity index (χ1) is 28.2. The summed E-state index contributed by atoms with van der Waals surface area (Å²) in [5, 5.41) is 11.0. The SMILES string of the molecule is c1ccc(-c2ccc3ccc4ccc(-c5ccc(-c6ccc(-c7cc8ccccc8c8c7c(-c7ccccc7)nn8-c7ccccc7)cc6)cc5)nc4c3n2)cc1. The van der Waals surface area contributed by atoms with Crippen LogP contribution >= 0.6 is 0 Å². The van der Waals surface area contributed by atoms with Crippen LogP contribution in [-0.4, -0.2) is 19.7 Å². The molecule has 4 nitrogen and oxygen atoms in total. The van der Waals surface area contributed by atoms with Crippen molar-refractivity contribution in [1.29, 1.82) is 0 Å². The van der Waals surface area contributed by atoms with Gasteiger partial charge in [0.2, 0.25) is 0 Å². The summed E-state index contributed by atoms with van der Waals surface area (Å²) in [6.45, 7) is 0. The molecule has 11 rings (SSSR count). The Bertz CT molecular complexity index is 3240. The van der Waals surface area contributed by atoms with Gasteiger partial charge in [-0.25, -0.2) is 14.6 Å². The predicted molar refractivity (Wildman–Crippen MR) is 236 cm³/mol. The van der Waals surface area contributed by atoms with Gasteiger partial charge in [-0.05, 0) is 58.0 Å². The highest BCUT2D eigenvalue weighted by Crippen LogP contribution is 2.42. The highest BCUT2D eigenvalue weighted by Gasteiger charge is 2.21. The second-order valence-corrected chi connectivity index (χ2v) is 14.5. The number of hydrogen-bond donors (Lipinski definition) is 0. The molecule has 3 aromatic heterocycles. The van der Waals surface area contributed by atoms with Crippen molar-refractivity contribution < 1.29 is 0 Å². The molecule has 0 N–H and O–H groups in total. The van der Waals surface area contributed by atoms with Gasteiger partial charge in [-0.15, -0.1) is 0 Å². The van der Waals surface area contributed by atoms with Gasteiger partial charge >= 0.3 is 0 Å².